The van der Waals surface area contributed by atoms with Gasteiger partial charge in [0.25, 0.3) is 0 Å². The zero-order valence-corrected chi connectivity index (χ0v) is 6.48. The maximum Gasteiger partial charge on any atom is 0.0632 e. The molecular formula is C6H10N2S. The molecule has 0 amide bonds. The summed E-state index contributed by atoms with van der Waals surface area (Å²) in [6.45, 7) is 2.10. The molecule has 0 aliphatic heterocycles. The minimum Gasteiger partial charge on any atom is -0.214 e. The topological polar surface area (TPSA) is 17.8 Å². The van der Waals surface area contributed by atoms with Gasteiger partial charge in [-0.1, -0.05) is 6.92 Å². The molecule has 0 fully saturated rings. The van der Waals surface area contributed by atoms with Gasteiger partial charge < -0.3 is 0 Å². The average molecular weight is 142 g/mol. The molecule has 0 radical (unpaired) electrons. The second-order valence-electron chi connectivity index (χ2n) is 1.75. The Morgan fingerprint density at radius 3 is 2.89 bits per heavy atom. The van der Waals surface area contributed by atoms with Crippen LogP contribution >= 0.6 is 11.9 Å². The van der Waals surface area contributed by atoms with E-state index in [1.807, 2.05) is 22.6 Å². The Balaban J connectivity index is 2.74. The van der Waals surface area contributed by atoms with Crippen molar-refractivity contribution in [2.24, 2.45) is 0 Å². The lowest BCUT2D eigenvalue weighted by molar-refractivity contribution is 0.933. The lowest BCUT2D eigenvalue weighted by atomic mass is 10.4. The third-order valence-electron chi connectivity index (χ3n) is 1.17. The van der Waals surface area contributed by atoms with Crippen LogP contribution in [0.1, 0.15) is 12.6 Å². The van der Waals surface area contributed by atoms with Gasteiger partial charge >= 0.3 is 0 Å². The highest BCUT2D eigenvalue weighted by Crippen LogP contribution is 2.01. The number of nitrogens with zero attached hydrogens (tertiary/aromatic N) is 2. The van der Waals surface area contributed by atoms with Gasteiger partial charge in [-0.05, 0) is 24.4 Å². The van der Waals surface area contributed by atoms with Crippen molar-refractivity contribution in [2.45, 2.75) is 13.3 Å². The molecule has 0 aromatic carbocycles. The van der Waals surface area contributed by atoms with Crippen molar-refractivity contribution in [3.63, 3.8) is 0 Å². The fraction of sp³-hybridized carbons (Fsp3) is 0.500. The Hall–Kier alpha value is -0.440. The van der Waals surface area contributed by atoms with E-state index in [9.17, 15) is 0 Å². The molecular weight excluding hydrogens is 132 g/mol. The van der Waals surface area contributed by atoms with E-state index in [0.29, 0.717) is 0 Å². The van der Waals surface area contributed by atoms with Gasteiger partial charge in [-0.15, -0.1) is 0 Å². The fourth-order valence-electron chi connectivity index (χ4n) is 0.633. The Labute approximate surface area is 59.4 Å². The summed E-state index contributed by atoms with van der Waals surface area (Å²) in [7, 11) is 0. The molecule has 1 rings (SSSR count). The van der Waals surface area contributed by atoms with Crippen LogP contribution in [0.15, 0.2) is 12.3 Å². The van der Waals surface area contributed by atoms with Crippen LogP contribution in [-0.4, -0.2) is 15.4 Å². The van der Waals surface area contributed by atoms with Gasteiger partial charge in [0, 0.05) is 12.5 Å². The van der Waals surface area contributed by atoms with Crippen molar-refractivity contribution in [3.05, 3.63) is 18.0 Å². The van der Waals surface area contributed by atoms with Gasteiger partial charge in [0.2, 0.25) is 0 Å². The molecule has 0 atom stereocenters. The van der Waals surface area contributed by atoms with E-state index in [1.165, 1.54) is 0 Å². The Bertz CT molecular complexity index is 164. The molecule has 3 heteroatoms. The Kier molecular flexibility index (Phi) is 2.16. The summed E-state index contributed by atoms with van der Waals surface area (Å²) < 4.78 is 1.86. The minimum absolute atomic E-state index is 1.02. The van der Waals surface area contributed by atoms with Crippen molar-refractivity contribution >= 4 is 11.9 Å². The molecule has 0 aliphatic carbocycles. The summed E-state index contributed by atoms with van der Waals surface area (Å²) in [6.07, 6.45) is 5.00. The predicted octanol–water partition coefficient (Wildman–Crippen LogP) is 1.57. The van der Waals surface area contributed by atoms with E-state index >= 15 is 0 Å². The second-order valence-corrected chi connectivity index (χ2v) is 2.48. The van der Waals surface area contributed by atoms with Gasteiger partial charge in [0.15, 0.2) is 0 Å². The second kappa shape index (κ2) is 2.92. The van der Waals surface area contributed by atoms with Crippen LogP contribution < -0.4 is 0 Å². The standard InChI is InChI=1S/C6H10N2S/c1-3-6-4-5-8(7-6)9-2/h4-5H,3H2,1-2H3. The third kappa shape index (κ3) is 1.48. The largest absolute Gasteiger partial charge is 0.214 e. The maximum absolute atomic E-state index is 4.23. The van der Waals surface area contributed by atoms with Crippen molar-refractivity contribution in [3.8, 4) is 0 Å². The van der Waals surface area contributed by atoms with Crippen LogP contribution in [0, 0.1) is 0 Å². The lowest BCUT2D eigenvalue weighted by Gasteiger charge is -1.89. The lowest BCUT2D eigenvalue weighted by Crippen LogP contribution is -1.86. The van der Waals surface area contributed by atoms with Crippen LogP contribution in [-0.2, 0) is 6.42 Å². The molecule has 1 aromatic heterocycles. The number of hydrogen-bond acceptors (Lipinski definition) is 2. The minimum atomic E-state index is 1.02. The quantitative estimate of drug-likeness (QED) is 0.623. The van der Waals surface area contributed by atoms with Crippen molar-refractivity contribution < 1.29 is 0 Å². The molecule has 1 heterocycles. The highest BCUT2D eigenvalue weighted by molar-refractivity contribution is 7.97. The highest BCUT2D eigenvalue weighted by atomic mass is 32.2. The van der Waals surface area contributed by atoms with E-state index < -0.39 is 0 Å². The van der Waals surface area contributed by atoms with Crippen LogP contribution in [0.25, 0.3) is 0 Å². The molecule has 50 valence electrons. The molecule has 9 heavy (non-hydrogen) atoms. The zero-order chi connectivity index (χ0) is 6.69. The zero-order valence-electron chi connectivity index (χ0n) is 5.66. The molecule has 0 N–H and O–H groups in total. The van der Waals surface area contributed by atoms with Crippen LogP contribution in [0.3, 0.4) is 0 Å². The van der Waals surface area contributed by atoms with E-state index in [0.717, 1.165) is 12.1 Å². The first kappa shape index (κ1) is 6.68. The van der Waals surface area contributed by atoms with Crippen LogP contribution in [0.2, 0.25) is 0 Å². The van der Waals surface area contributed by atoms with Crippen molar-refractivity contribution in [1.82, 2.24) is 9.19 Å². The molecule has 0 saturated heterocycles. The maximum atomic E-state index is 4.23. The SMILES string of the molecule is CCc1ccn(SC)n1. The molecule has 0 aliphatic rings. The van der Waals surface area contributed by atoms with Gasteiger partial charge in [0.1, 0.15) is 0 Å². The summed E-state index contributed by atoms with van der Waals surface area (Å²) in [5.41, 5.74) is 1.16. The van der Waals surface area contributed by atoms with Gasteiger partial charge in [-0.25, -0.2) is 4.09 Å². The summed E-state index contributed by atoms with van der Waals surface area (Å²) in [6, 6.07) is 2.04. The Morgan fingerprint density at radius 2 is 2.56 bits per heavy atom. The number of rotatable bonds is 2. The molecule has 0 saturated carbocycles. The third-order valence-corrected chi connectivity index (χ3v) is 1.75. The van der Waals surface area contributed by atoms with E-state index in [2.05, 4.69) is 12.0 Å². The molecule has 0 bridgehead atoms. The molecule has 2 nitrogen and oxygen atoms in total. The summed E-state index contributed by atoms with van der Waals surface area (Å²) >= 11 is 1.61. The number of aromatic nitrogens is 2. The summed E-state index contributed by atoms with van der Waals surface area (Å²) in [4.78, 5) is 0. The molecule has 1 aromatic rings. The van der Waals surface area contributed by atoms with Crippen molar-refractivity contribution in [2.75, 3.05) is 6.26 Å². The van der Waals surface area contributed by atoms with Crippen LogP contribution in [0.4, 0.5) is 0 Å². The van der Waals surface area contributed by atoms with E-state index in [4.69, 9.17) is 0 Å². The first-order valence-electron chi connectivity index (χ1n) is 2.96. The highest BCUT2D eigenvalue weighted by Gasteiger charge is 1.91. The average Bonchev–Trinajstić information content (AvgIpc) is 2.34. The monoisotopic (exact) mass is 142 g/mol. The first-order valence-corrected chi connectivity index (χ1v) is 4.14. The van der Waals surface area contributed by atoms with Gasteiger partial charge in [-0.2, -0.15) is 5.10 Å². The Morgan fingerprint density at radius 1 is 1.78 bits per heavy atom. The number of hydrogen-bond donors (Lipinski definition) is 0. The molecule has 0 unspecified atom stereocenters. The number of aryl methyl sites for hydroxylation is 1. The van der Waals surface area contributed by atoms with E-state index in [1.54, 1.807) is 11.9 Å². The normalized spacial score (nSPS) is 10.0. The van der Waals surface area contributed by atoms with Crippen LogP contribution in [0.5, 0.6) is 0 Å². The van der Waals surface area contributed by atoms with E-state index in [-0.39, 0.29) is 0 Å². The summed E-state index contributed by atoms with van der Waals surface area (Å²) in [5, 5.41) is 4.23. The van der Waals surface area contributed by atoms with Crippen molar-refractivity contribution in [1.29, 1.82) is 0 Å². The molecule has 0 spiro atoms. The predicted molar refractivity (Wildman–Crippen MR) is 40.5 cm³/mol. The van der Waals surface area contributed by atoms with Gasteiger partial charge in [0.05, 0.1) is 5.69 Å². The fourth-order valence-corrected chi connectivity index (χ4v) is 1.00. The van der Waals surface area contributed by atoms with Gasteiger partial charge in [-0.3, -0.25) is 0 Å². The first-order chi connectivity index (χ1) is 4.36. The summed E-state index contributed by atoms with van der Waals surface area (Å²) in [5.74, 6) is 0. The smallest absolute Gasteiger partial charge is 0.0632 e.